The molecule has 3 aromatic rings. The van der Waals surface area contributed by atoms with Crippen molar-refractivity contribution in [2.45, 2.75) is 20.3 Å². The van der Waals surface area contributed by atoms with E-state index < -0.39 is 0 Å². The topological polar surface area (TPSA) is 85.6 Å². The van der Waals surface area contributed by atoms with Crippen LogP contribution in [-0.2, 0) is 6.42 Å². The van der Waals surface area contributed by atoms with E-state index in [1.54, 1.807) is 6.26 Å². The van der Waals surface area contributed by atoms with Crippen LogP contribution >= 0.6 is 0 Å². The number of aromatic amines is 1. The predicted molar refractivity (Wildman–Crippen MR) is 119 cm³/mol. The van der Waals surface area contributed by atoms with Gasteiger partial charge in [0.1, 0.15) is 5.82 Å². The molecule has 0 aliphatic carbocycles. The molecule has 2 aromatic heterocycles. The minimum absolute atomic E-state index is 0.582. The highest BCUT2D eigenvalue weighted by Gasteiger charge is 2.20. The van der Waals surface area contributed by atoms with E-state index in [4.69, 9.17) is 9.41 Å². The van der Waals surface area contributed by atoms with Crippen LogP contribution in [0, 0.1) is 6.92 Å². The molecule has 0 amide bonds. The number of piperazine rings is 1. The number of furan rings is 1. The number of hydrogen-bond donors (Lipinski definition) is 2. The summed E-state index contributed by atoms with van der Waals surface area (Å²) in [4.78, 5) is 14.1. The molecule has 0 bridgehead atoms. The van der Waals surface area contributed by atoms with Gasteiger partial charge in [-0.2, -0.15) is 5.10 Å². The molecule has 8 nitrogen and oxygen atoms in total. The van der Waals surface area contributed by atoms with Gasteiger partial charge in [0, 0.05) is 51.4 Å². The number of aliphatic imine (C=N–C) groups is 1. The number of hydrogen-bond acceptors (Lipinski definition) is 5. The molecule has 0 saturated carbocycles. The van der Waals surface area contributed by atoms with Crippen LogP contribution in [0.4, 0.5) is 5.69 Å². The maximum absolute atomic E-state index is 5.34. The van der Waals surface area contributed by atoms with E-state index in [0.717, 1.165) is 44.5 Å². The van der Waals surface area contributed by atoms with Crippen molar-refractivity contribution in [2.24, 2.45) is 4.99 Å². The fourth-order valence-corrected chi connectivity index (χ4v) is 3.62. The van der Waals surface area contributed by atoms with Crippen LogP contribution in [0.2, 0.25) is 0 Å². The zero-order valence-corrected chi connectivity index (χ0v) is 17.6. The van der Waals surface area contributed by atoms with Gasteiger partial charge in [-0.15, -0.1) is 0 Å². The molecule has 1 fully saturated rings. The van der Waals surface area contributed by atoms with Gasteiger partial charge < -0.3 is 19.5 Å². The Morgan fingerprint density at radius 2 is 2.07 bits per heavy atom. The fraction of sp³-hybridized carbons (Fsp3) is 0.409. The Kier molecular flexibility index (Phi) is 6.32. The molecule has 2 N–H and O–H groups in total. The van der Waals surface area contributed by atoms with Crippen molar-refractivity contribution in [3.8, 4) is 11.6 Å². The summed E-state index contributed by atoms with van der Waals surface area (Å²) in [5.74, 6) is 3.02. The Morgan fingerprint density at radius 1 is 1.20 bits per heavy atom. The van der Waals surface area contributed by atoms with E-state index >= 15 is 0 Å². The molecule has 1 aliphatic heterocycles. The molecule has 1 saturated heterocycles. The smallest absolute Gasteiger partial charge is 0.216 e. The number of nitrogens with one attached hydrogen (secondary N) is 2. The second-order valence-corrected chi connectivity index (χ2v) is 7.38. The first kappa shape index (κ1) is 20.0. The quantitative estimate of drug-likeness (QED) is 0.483. The summed E-state index contributed by atoms with van der Waals surface area (Å²) >= 11 is 0. The van der Waals surface area contributed by atoms with Crippen molar-refractivity contribution in [2.75, 3.05) is 44.2 Å². The number of guanidine groups is 1. The Balaban J connectivity index is 1.33. The lowest BCUT2D eigenvalue weighted by atomic mass is 10.2. The summed E-state index contributed by atoms with van der Waals surface area (Å²) in [6.45, 7) is 9.61. The normalized spacial score (nSPS) is 14.9. The van der Waals surface area contributed by atoms with Gasteiger partial charge in [0.25, 0.3) is 0 Å². The number of nitrogens with zero attached hydrogens (tertiary/aromatic N) is 5. The van der Waals surface area contributed by atoms with Gasteiger partial charge in [-0.25, -0.2) is 4.98 Å². The van der Waals surface area contributed by atoms with Crippen molar-refractivity contribution in [3.63, 3.8) is 0 Å². The van der Waals surface area contributed by atoms with Crippen LogP contribution in [0.1, 0.15) is 18.3 Å². The molecule has 4 rings (SSSR count). The highest BCUT2D eigenvalue weighted by atomic mass is 16.3. The summed E-state index contributed by atoms with van der Waals surface area (Å²) in [5, 5.41) is 10.6. The van der Waals surface area contributed by atoms with E-state index in [0.29, 0.717) is 24.6 Å². The van der Waals surface area contributed by atoms with Gasteiger partial charge in [0.05, 0.1) is 6.26 Å². The Labute approximate surface area is 177 Å². The largest absolute Gasteiger partial charge is 0.461 e. The Bertz CT molecular complexity index is 956. The van der Waals surface area contributed by atoms with Crippen LogP contribution in [0.15, 0.2) is 52.1 Å². The molecule has 30 heavy (non-hydrogen) atoms. The highest BCUT2D eigenvalue weighted by molar-refractivity contribution is 5.80. The standard InChI is InChI=1S/C22H29N7O/c1-3-23-22(24-10-9-20-25-21(27-26-20)19-8-5-15-30-19)29-13-11-28(12-14-29)18-7-4-6-17(2)16-18/h4-8,15-16H,3,9-14H2,1-2H3,(H,23,24)(H,25,26,27). The Morgan fingerprint density at radius 3 is 2.80 bits per heavy atom. The third-order valence-corrected chi connectivity index (χ3v) is 5.16. The van der Waals surface area contributed by atoms with Gasteiger partial charge in [-0.1, -0.05) is 12.1 Å². The number of benzene rings is 1. The maximum Gasteiger partial charge on any atom is 0.216 e. The minimum Gasteiger partial charge on any atom is -0.461 e. The average Bonchev–Trinajstić information content (AvgIpc) is 3.45. The van der Waals surface area contributed by atoms with Crippen molar-refractivity contribution >= 4 is 11.6 Å². The maximum atomic E-state index is 5.34. The summed E-state index contributed by atoms with van der Waals surface area (Å²) in [6.07, 6.45) is 2.32. The number of rotatable bonds is 6. The zero-order chi connectivity index (χ0) is 20.8. The lowest BCUT2D eigenvalue weighted by Crippen LogP contribution is -2.52. The first-order valence-corrected chi connectivity index (χ1v) is 10.5. The van der Waals surface area contributed by atoms with E-state index in [2.05, 4.69) is 68.4 Å². The number of anilines is 1. The molecule has 1 aliphatic rings. The van der Waals surface area contributed by atoms with E-state index in [-0.39, 0.29) is 0 Å². The van der Waals surface area contributed by atoms with E-state index in [1.165, 1.54) is 11.3 Å². The summed E-state index contributed by atoms with van der Waals surface area (Å²) in [6, 6.07) is 12.4. The molecular weight excluding hydrogens is 378 g/mol. The lowest BCUT2D eigenvalue weighted by molar-refractivity contribution is 0.372. The van der Waals surface area contributed by atoms with Crippen molar-refractivity contribution < 1.29 is 4.42 Å². The van der Waals surface area contributed by atoms with Gasteiger partial charge in [-0.05, 0) is 43.7 Å². The number of aromatic nitrogens is 3. The minimum atomic E-state index is 0.582. The van der Waals surface area contributed by atoms with E-state index in [1.807, 2.05) is 12.1 Å². The third kappa shape index (κ3) is 4.82. The average molecular weight is 408 g/mol. The van der Waals surface area contributed by atoms with Crippen molar-refractivity contribution in [1.29, 1.82) is 0 Å². The summed E-state index contributed by atoms with van der Waals surface area (Å²) in [7, 11) is 0. The zero-order valence-electron chi connectivity index (χ0n) is 17.6. The second kappa shape index (κ2) is 9.47. The van der Waals surface area contributed by atoms with Gasteiger partial charge in [-0.3, -0.25) is 10.1 Å². The molecule has 8 heteroatoms. The lowest BCUT2D eigenvalue weighted by Gasteiger charge is -2.37. The molecule has 158 valence electrons. The molecule has 0 unspecified atom stereocenters. The molecule has 1 aromatic carbocycles. The number of aryl methyl sites for hydroxylation is 1. The second-order valence-electron chi connectivity index (χ2n) is 7.38. The monoisotopic (exact) mass is 407 g/mol. The van der Waals surface area contributed by atoms with Crippen molar-refractivity contribution in [1.82, 2.24) is 25.4 Å². The van der Waals surface area contributed by atoms with Gasteiger partial charge >= 0.3 is 0 Å². The first-order valence-electron chi connectivity index (χ1n) is 10.5. The first-order chi connectivity index (χ1) is 14.7. The molecule has 0 spiro atoms. The molecular formula is C22H29N7O. The predicted octanol–water partition coefficient (Wildman–Crippen LogP) is 2.70. The molecule has 3 heterocycles. The van der Waals surface area contributed by atoms with Gasteiger partial charge in [0.15, 0.2) is 11.7 Å². The molecule has 0 atom stereocenters. The van der Waals surface area contributed by atoms with Crippen LogP contribution in [0.25, 0.3) is 11.6 Å². The third-order valence-electron chi connectivity index (χ3n) is 5.16. The van der Waals surface area contributed by atoms with Crippen molar-refractivity contribution in [3.05, 3.63) is 54.0 Å². The van der Waals surface area contributed by atoms with E-state index in [9.17, 15) is 0 Å². The molecule has 0 radical (unpaired) electrons. The van der Waals surface area contributed by atoms with Crippen LogP contribution < -0.4 is 10.2 Å². The highest BCUT2D eigenvalue weighted by Crippen LogP contribution is 2.18. The number of H-pyrrole nitrogens is 1. The van der Waals surface area contributed by atoms with Crippen LogP contribution in [-0.4, -0.2) is 65.3 Å². The SMILES string of the molecule is CCNC(=NCCc1nc(-c2ccco2)n[nH]1)N1CCN(c2cccc(C)c2)CC1. The van der Waals surface area contributed by atoms with Crippen LogP contribution in [0.5, 0.6) is 0 Å². The summed E-state index contributed by atoms with van der Waals surface area (Å²) < 4.78 is 5.34. The van der Waals surface area contributed by atoms with Crippen LogP contribution in [0.3, 0.4) is 0 Å². The van der Waals surface area contributed by atoms with Gasteiger partial charge in [0.2, 0.25) is 5.82 Å². The summed E-state index contributed by atoms with van der Waals surface area (Å²) in [5.41, 5.74) is 2.60. The fourth-order valence-electron chi connectivity index (χ4n) is 3.62. The Hall–Kier alpha value is -3.29.